The van der Waals surface area contributed by atoms with Crippen LogP contribution in [-0.2, 0) is 21.7 Å². The van der Waals surface area contributed by atoms with Crippen molar-refractivity contribution in [1.29, 1.82) is 0 Å². The molecule has 1 heterocycles. The van der Waals surface area contributed by atoms with Gasteiger partial charge in [0.15, 0.2) is 0 Å². The third-order valence-corrected chi connectivity index (χ3v) is 3.09. The van der Waals surface area contributed by atoms with E-state index in [0.717, 1.165) is 22.4 Å². The second-order valence-electron chi connectivity index (χ2n) is 3.48. The first-order valence-corrected chi connectivity index (χ1v) is 6.95. The second kappa shape index (κ2) is 14.8. The number of hydrogen-bond donors (Lipinski definition) is 0. The number of fused-ring (bicyclic) bond motifs is 1. The zero-order valence-corrected chi connectivity index (χ0v) is 14.6. The Morgan fingerprint density at radius 2 is 1.70 bits per heavy atom. The number of benzene rings is 1. The van der Waals surface area contributed by atoms with E-state index in [4.69, 9.17) is 10.2 Å². The topological polar surface area (TPSA) is 46.1 Å². The van der Waals surface area contributed by atoms with E-state index in [2.05, 4.69) is 54.9 Å². The quantitative estimate of drug-likeness (QED) is 0.551. The van der Waals surface area contributed by atoms with Gasteiger partial charge in [-0.05, 0) is 0 Å². The van der Waals surface area contributed by atoms with Gasteiger partial charge in [-0.2, -0.15) is 37.4 Å². The van der Waals surface area contributed by atoms with Gasteiger partial charge in [-0.15, -0.1) is 11.6 Å². The average Bonchev–Trinajstić information content (AvgIpc) is 3.18. The largest absolute Gasteiger partial charge is 4.00 e. The van der Waals surface area contributed by atoms with Crippen molar-refractivity contribution in [1.82, 2.24) is 0 Å². The fraction of sp³-hybridized carbons (Fsp3) is 0.250. The third kappa shape index (κ3) is 7.84. The Hall–Kier alpha value is -0.626. The second-order valence-corrected chi connectivity index (χ2v) is 4.39. The van der Waals surface area contributed by atoms with Crippen molar-refractivity contribution in [3.8, 4) is 0 Å². The molecule has 2 aromatic rings. The van der Waals surface area contributed by atoms with Gasteiger partial charge in [0.25, 0.3) is 0 Å². The maximum absolute atomic E-state index is 8.25. The van der Waals surface area contributed by atoms with Gasteiger partial charge in [-0.25, -0.2) is 12.1 Å². The molecule has 1 aliphatic rings. The van der Waals surface area contributed by atoms with Crippen LogP contribution in [0, 0.1) is 11.9 Å². The normalized spacial score (nSPS) is 13.6. The first kappa shape index (κ1) is 21.7. The molecule has 0 saturated heterocycles. The zero-order chi connectivity index (χ0) is 14.5. The molecule has 2 unspecified atom stereocenters. The van der Waals surface area contributed by atoms with Gasteiger partial charge in [0.2, 0.25) is 0 Å². The summed E-state index contributed by atoms with van der Waals surface area (Å²) < 4.78 is 0. The van der Waals surface area contributed by atoms with Crippen LogP contribution in [0.3, 0.4) is 0 Å². The van der Waals surface area contributed by atoms with Crippen LogP contribution in [-0.4, -0.2) is 14.2 Å². The summed E-state index contributed by atoms with van der Waals surface area (Å²) in [6.45, 7) is 2.17. The van der Waals surface area contributed by atoms with Crippen molar-refractivity contribution in [2.24, 2.45) is 0 Å². The smallest absolute Gasteiger partial charge is 0.857 e. The molecule has 1 aliphatic carbocycles. The molecule has 0 fully saturated rings. The zero-order valence-electron chi connectivity index (χ0n) is 12.0. The first-order chi connectivity index (χ1) is 9.38. The summed E-state index contributed by atoms with van der Waals surface area (Å²) in [6.07, 6.45) is 5.33. The van der Waals surface area contributed by atoms with E-state index in [9.17, 15) is 0 Å². The first-order valence-electron chi connectivity index (χ1n) is 5.87. The van der Waals surface area contributed by atoms with Gasteiger partial charge in [0.1, 0.15) is 0 Å². The Labute approximate surface area is 138 Å². The standard InChI is InChI=1S/C10H9.C4H4P.2CH3O.Ti/c1-8-6-7-9-4-2-3-5-10(8)9;1-2-4-5-3-1;2*1-2;/h2-5,7-8H,1H3;1-3,5H;2*1H3;/q4*-1;+4. The van der Waals surface area contributed by atoms with E-state index in [0.29, 0.717) is 5.92 Å². The van der Waals surface area contributed by atoms with E-state index in [1.807, 2.05) is 12.1 Å². The Morgan fingerprint density at radius 1 is 1.05 bits per heavy atom. The SMILES string of the molecule is CC1[C-]=Cc2ccccc21.C[O-].C[O-].[Ti+4].[c-]1ccc[pH]1. The van der Waals surface area contributed by atoms with Gasteiger partial charge in [0.05, 0.1) is 0 Å². The molecule has 0 aliphatic heterocycles. The number of rotatable bonds is 0. The summed E-state index contributed by atoms with van der Waals surface area (Å²) >= 11 is 0. The Kier molecular flexibility index (Phi) is 16.0. The molecule has 2 nitrogen and oxygen atoms in total. The van der Waals surface area contributed by atoms with Gasteiger partial charge in [0, 0.05) is 0 Å². The molecule has 1 aromatic heterocycles. The monoisotopic (exact) mass is 322 g/mol. The predicted octanol–water partition coefficient (Wildman–Crippen LogP) is 2.09. The molecule has 104 valence electrons. The van der Waals surface area contributed by atoms with Crippen molar-refractivity contribution < 1.29 is 31.9 Å². The van der Waals surface area contributed by atoms with Crippen LogP contribution in [0.2, 0.25) is 0 Å². The fourth-order valence-electron chi connectivity index (χ4n) is 1.58. The molecular weight excluding hydrogens is 303 g/mol. The van der Waals surface area contributed by atoms with Crippen LogP contribution >= 0.6 is 8.19 Å². The van der Waals surface area contributed by atoms with Crippen LogP contribution in [0.5, 0.6) is 0 Å². The molecule has 3 rings (SSSR count). The summed E-state index contributed by atoms with van der Waals surface area (Å²) in [5, 5.41) is 16.5. The molecule has 2 atom stereocenters. The Balaban J connectivity index is 0. The van der Waals surface area contributed by atoms with Gasteiger partial charge in [-0.1, -0.05) is 31.0 Å². The van der Waals surface area contributed by atoms with Gasteiger partial charge < -0.3 is 10.2 Å². The van der Waals surface area contributed by atoms with E-state index in [1.165, 1.54) is 11.1 Å². The molecule has 0 spiro atoms. The van der Waals surface area contributed by atoms with Gasteiger partial charge >= 0.3 is 21.7 Å². The Morgan fingerprint density at radius 3 is 2.15 bits per heavy atom. The van der Waals surface area contributed by atoms with Crippen LogP contribution in [0.25, 0.3) is 6.08 Å². The molecule has 1 aromatic carbocycles. The fourth-order valence-corrected chi connectivity index (χ4v) is 2.06. The minimum Gasteiger partial charge on any atom is -0.857 e. The average molecular weight is 322 g/mol. The minimum atomic E-state index is 0. The number of allylic oxidation sites excluding steroid dienone is 1. The van der Waals surface area contributed by atoms with E-state index >= 15 is 0 Å². The van der Waals surface area contributed by atoms with Crippen molar-refractivity contribution in [2.45, 2.75) is 12.8 Å². The maximum atomic E-state index is 8.25. The van der Waals surface area contributed by atoms with Crippen molar-refractivity contribution >= 4 is 14.3 Å². The van der Waals surface area contributed by atoms with E-state index in [-0.39, 0.29) is 21.7 Å². The van der Waals surface area contributed by atoms with Crippen LogP contribution in [0.15, 0.2) is 42.2 Å². The molecule has 20 heavy (non-hydrogen) atoms. The van der Waals surface area contributed by atoms with Crippen LogP contribution < -0.4 is 10.2 Å². The van der Waals surface area contributed by atoms with Crippen LogP contribution in [0.4, 0.5) is 0 Å². The van der Waals surface area contributed by atoms with Crippen LogP contribution in [0.1, 0.15) is 24.0 Å². The summed E-state index contributed by atoms with van der Waals surface area (Å²) in [6, 6.07) is 12.4. The molecule has 0 saturated carbocycles. The molecule has 4 heteroatoms. The molecule has 0 N–H and O–H groups in total. The summed E-state index contributed by atoms with van der Waals surface area (Å²) in [5.41, 5.74) is 2.73. The van der Waals surface area contributed by atoms with Crippen molar-refractivity contribution in [3.63, 3.8) is 0 Å². The molecule has 0 amide bonds. The van der Waals surface area contributed by atoms with E-state index in [1.54, 1.807) is 0 Å². The Bertz CT molecular complexity index is 424. The molecule has 0 radical (unpaired) electrons. The number of hydrogen-bond acceptors (Lipinski definition) is 2. The maximum Gasteiger partial charge on any atom is 4.00 e. The predicted molar refractivity (Wildman–Crippen MR) is 79.2 cm³/mol. The van der Waals surface area contributed by atoms with Gasteiger partial charge in [-0.3, -0.25) is 14.3 Å². The summed E-state index contributed by atoms with van der Waals surface area (Å²) in [4.78, 5) is 0. The minimum absolute atomic E-state index is 0. The third-order valence-electron chi connectivity index (χ3n) is 2.39. The van der Waals surface area contributed by atoms with Crippen molar-refractivity contribution in [2.75, 3.05) is 14.2 Å². The molecular formula is C16H19O2PTi. The molecule has 0 bridgehead atoms. The van der Waals surface area contributed by atoms with Crippen molar-refractivity contribution in [3.05, 3.63) is 65.2 Å². The summed E-state index contributed by atoms with van der Waals surface area (Å²) in [7, 11) is 2.32. The van der Waals surface area contributed by atoms with E-state index < -0.39 is 0 Å². The summed E-state index contributed by atoms with van der Waals surface area (Å²) in [5.74, 6) is 5.61.